The zero-order chi connectivity index (χ0) is 10.9. The summed E-state index contributed by atoms with van der Waals surface area (Å²) in [6, 6.07) is 1.31. The van der Waals surface area contributed by atoms with E-state index in [0.717, 1.165) is 6.92 Å². The first-order valence-corrected chi connectivity index (χ1v) is 3.75. The highest BCUT2D eigenvalue weighted by Gasteiger charge is 2.21. The molecule has 2 nitrogen and oxygen atoms in total. The Morgan fingerprint density at radius 3 is 2.43 bits per heavy atom. The van der Waals surface area contributed by atoms with Gasteiger partial charge >= 0.3 is 0 Å². The normalized spacial score (nSPS) is 10.6. The molecule has 0 spiro atoms. The average molecular weight is 204 g/mol. The number of hydrogen-bond donors (Lipinski definition) is 1. The smallest absolute Gasteiger partial charge is 0.264 e. The number of Topliss-reactive ketones (excluding diaryl/α,β-unsaturated/α-hetero) is 1. The third-order valence-corrected chi connectivity index (χ3v) is 1.69. The summed E-state index contributed by atoms with van der Waals surface area (Å²) < 4.78 is 37.6. The lowest BCUT2D eigenvalue weighted by atomic mass is 10.0. The number of hydrogen-bond acceptors (Lipinski definition) is 2. The molecule has 0 radical (unpaired) electrons. The maximum absolute atomic E-state index is 13.0. The average Bonchev–Trinajstić information content (AvgIpc) is 2.01. The summed E-state index contributed by atoms with van der Waals surface area (Å²) >= 11 is 0. The van der Waals surface area contributed by atoms with E-state index >= 15 is 0 Å². The fraction of sp³-hybridized carbons (Fsp3) is 0.222. The van der Waals surface area contributed by atoms with Gasteiger partial charge < -0.3 is 5.11 Å². The molecular formula is C9H7F3O2. The van der Waals surface area contributed by atoms with Gasteiger partial charge in [0.1, 0.15) is 11.6 Å². The number of ketones is 1. The zero-order valence-corrected chi connectivity index (χ0v) is 7.22. The van der Waals surface area contributed by atoms with E-state index in [4.69, 9.17) is 5.11 Å². The van der Waals surface area contributed by atoms with Gasteiger partial charge in [0.25, 0.3) is 6.43 Å². The maximum Gasteiger partial charge on any atom is 0.264 e. The summed E-state index contributed by atoms with van der Waals surface area (Å²) in [6.45, 7) is 0.987. The van der Waals surface area contributed by atoms with Gasteiger partial charge in [-0.1, -0.05) is 0 Å². The van der Waals surface area contributed by atoms with Crippen molar-refractivity contribution in [3.05, 3.63) is 29.1 Å². The second-order valence-corrected chi connectivity index (χ2v) is 2.75. The second-order valence-electron chi connectivity index (χ2n) is 2.75. The fourth-order valence-corrected chi connectivity index (χ4v) is 1.16. The van der Waals surface area contributed by atoms with Crippen LogP contribution in [0.1, 0.15) is 29.3 Å². The molecule has 76 valence electrons. The van der Waals surface area contributed by atoms with Crippen LogP contribution < -0.4 is 0 Å². The van der Waals surface area contributed by atoms with Crippen LogP contribution in [0.2, 0.25) is 0 Å². The van der Waals surface area contributed by atoms with Crippen LogP contribution in [0.5, 0.6) is 5.75 Å². The molecule has 0 aliphatic heterocycles. The Hall–Kier alpha value is -1.52. The molecule has 0 atom stereocenters. The summed E-state index contributed by atoms with van der Waals surface area (Å²) in [7, 11) is 0. The van der Waals surface area contributed by atoms with E-state index in [0.29, 0.717) is 12.1 Å². The van der Waals surface area contributed by atoms with Gasteiger partial charge in [-0.25, -0.2) is 13.2 Å². The number of rotatable bonds is 2. The first-order chi connectivity index (χ1) is 6.43. The highest BCUT2D eigenvalue weighted by atomic mass is 19.3. The summed E-state index contributed by atoms with van der Waals surface area (Å²) in [5.74, 6) is -2.55. The van der Waals surface area contributed by atoms with Crippen LogP contribution in [-0.2, 0) is 0 Å². The molecule has 5 heteroatoms. The number of alkyl halides is 2. The Labute approximate surface area is 78.0 Å². The third-order valence-electron chi connectivity index (χ3n) is 1.69. The predicted molar refractivity (Wildman–Crippen MR) is 43.0 cm³/mol. The van der Waals surface area contributed by atoms with Crippen molar-refractivity contribution < 1.29 is 23.1 Å². The minimum Gasteiger partial charge on any atom is -0.508 e. The van der Waals surface area contributed by atoms with Gasteiger partial charge in [0.05, 0.1) is 5.56 Å². The van der Waals surface area contributed by atoms with E-state index in [1.807, 2.05) is 0 Å². The quantitative estimate of drug-likeness (QED) is 0.752. The molecule has 1 aromatic carbocycles. The van der Waals surface area contributed by atoms with Crippen LogP contribution in [0.3, 0.4) is 0 Å². The molecule has 0 fully saturated rings. The molecular weight excluding hydrogens is 197 g/mol. The first-order valence-electron chi connectivity index (χ1n) is 3.75. The minimum atomic E-state index is -2.99. The van der Waals surface area contributed by atoms with Gasteiger partial charge in [0.2, 0.25) is 0 Å². The Morgan fingerprint density at radius 1 is 1.43 bits per heavy atom. The lowest BCUT2D eigenvalue weighted by Gasteiger charge is -2.07. The van der Waals surface area contributed by atoms with Crippen molar-refractivity contribution in [2.45, 2.75) is 13.3 Å². The molecule has 14 heavy (non-hydrogen) atoms. The zero-order valence-electron chi connectivity index (χ0n) is 7.22. The molecule has 1 rings (SSSR count). The molecule has 0 saturated heterocycles. The summed E-state index contributed by atoms with van der Waals surface area (Å²) in [6.07, 6.45) is -2.99. The number of benzene rings is 1. The monoisotopic (exact) mass is 204 g/mol. The van der Waals surface area contributed by atoms with E-state index in [1.165, 1.54) is 0 Å². The molecule has 0 saturated carbocycles. The van der Waals surface area contributed by atoms with Gasteiger partial charge in [0.15, 0.2) is 5.78 Å². The number of halogens is 3. The third kappa shape index (κ3) is 1.86. The van der Waals surface area contributed by atoms with Crippen molar-refractivity contribution in [3.63, 3.8) is 0 Å². The van der Waals surface area contributed by atoms with E-state index in [9.17, 15) is 18.0 Å². The summed E-state index contributed by atoms with van der Waals surface area (Å²) in [4.78, 5) is 10.8. The standard InChI is InChI=1S/C9H7F3O2/c1-4(13)8-6(9(11)12)2-5(14)3-7(8)10/h2-3,9,14H,1H3. The molecule has 0 amide bonds. The van der Waals surface area contributed by atoms with Gasteiger partial charge in [-0.15, -0.1) is 0 Å². The Morgan fingerprint density at radius 2 is 2.00 bits per heavy atom. The van der Waals surface area contributed by atoms with Crippen molar-refractivity contribution in [1.82, 2.24) is 0 Å². The number of carbonyl (C=O) groups excluding carboxylic acids is 1. The number of phenols is 1. The lowest BCUT2D eigenvalue weighted by Crippen LogP contribution is -2.03. The lowest BCUT2D eigenvalue weighted by molar-refractivity contribution is 0.0993. The predicted octanol–water partition coefficient (Wildman–Crippen LogP) is 2.67. The van der Waals surface area contributed by atoms with Crippen molar-refractivity contribution in [2.24, 2.45) is 0 Å². The topological polar surface area (TPSA) is 37.3 Å². The fourth-order valence-electron chi connectivity index (χ4n) is 1.16. The summed E-state index contributed by atoms with van der Waals surface area (Å²) in [5, 5.41) is 8.86. The Balaban J connectivity index is 3.44. The molecule has 0 bridgehead atoms. The van der Waals surface area contributed by atoms with Gasteiger partial charge in [-0.3, -0.25) is 4.79 Å². The molecule has 0 heterocycles. The highest BCUT2D eigenvalue weighted by molar-refractivity contribution is 5.96. The Kier molecular flexibility index (Phi) is 2.78. The molecule has 1 aromatic rings. The number of carbonyl (C=O) groups is 1. The van der Waals surface area contributed by atoms with Crippen LogP contribution in [-0.4, -0.2) is 10.9 Å². The molecule has 1 N–H and O–H groups in total. The van der Waals surface area contributed by atoms with Gasteiger partial charge in [-0.05, 0) is 13.0 Å². The molecule has 0 aromatic heterocycles. The minimum absolute atomic E-state index is 0.622. The largest absolute Gasteiger partial charge is 0.508 e. The van der Waals surface area contributed by atoms with Crippen molar-refractivity contribution in [2.75, 3.05) is 0 Å². The number of phenolic OH excluding ortho intramolecular Hbond substituents is 1. The Bertz CT molecular complexity index is 375. The van der Waals surface area contributed by atoms with Gasteiger partial charge in [-0.2, -0.15) is 0 Å². The highest BCUT2D eigenvalue weighted by Crippen LogP contribution is 2.29. The van der Waals surface area contributed by atoms with Crippen LogP contribution in [0.25, 0.3) is 0 Å². The summed E-state index contributed by atoms with van der Waals surface area (Å²) in [5.41, 5.74) is -1.45. The van der Waals surface area contributed by atoms with Crippen molar-refractivity contribution in [1.29, 1.82) is 0 Å². The van der Waals surface area contributed by atoms with E-state index in [1.54, 1.807) is 0 Å². The van der Waals surface area contributed by atoms with Crippen LogP contribution in [0, 0.1) is 5.82 Å². The number of aromatic hydroxyl groups is 1. The SMILES string of the molecule is CC(=O)c1c(F)cc(O)cc1C(F)F. The molecule has 0 aliphatic rings. The van der Waals surface area contributed by atoms with Crippen LogP contribution in [0.15, 0.2) is 12.1 Å². The van der Waals surface area contributed by atoms with Gasteiger partial charge in [0, 0.05) is 11.6 Å². The van der Waals surface area contributed by atoms with Crippen molar-refractivity contribution in [3.8, 4) is 5.75 Å². The molecule has 0 aliphatic carbocycles. The second kappa shape index (κ2) is 3.69. The van der Waals surface area contributed by atoms with Crippen LogP contribution in [0.4, 0.5) is 13.2 Å². The van der Waals surface area contributed by atoms with Crippen LogP contribution >= 0.6 is 0 Å². The van der Waals surface area contributed by atoms with E-state index in [-0.39, 0.29) is 0 Å². The maximum atomic E-state index is 13.0. The van der Waals surface area contributed by atoms with E-state index < -0.39 is 34.9 Å². The molecule has 0 unspecified atom stereocenters. The van der Waals surface area contributed by atoms with E-state index in [2.05, 4.69) is 0 Å². The first kappa shape index (κ1) is 10.6. The van der Waals surface area contributed by atoms with Crippen molar-refractivity contribution >= 4 is 5.78 Å².